The third-order valence-corrected chi connectivity index (χ3v) is 8.65. The summed E-state index contributed by atoms with van der Waals surface area (Å²) >= 11 is 6.76. The molecule has 2 aliphatic rings. The molecule has 0 N–H and O–H groups in total. The zero-order valence-corrected chi connectivity index (χ0v) is 31.7. The third kappa shape index (κ3) is 13.7. The van der Waals surface area contributed by atoms with Crippen molar-refractivity contribution in [1.29, 1.82) is 0 Å². The normalized spacial score (nSPS) is 29.2. The third-order valence-electron chi connectivity index (χ3n) is 6.82. The Morgan fingerprint density at radius 3 is 1.28 bits per heavy atom. The van der Waals surface area contributed by atoms with Crippen molar-refractivity contribution in [2.75, 3.05) is 30.5 Å². The summed E-state index contributed by atoms with van der Waals surface area (Å²) in [6, 6.07) is 0. The number of carbonyl (C=O) groups is 7. The maximum absolute atomic E-state index is 12.5. The van der Waals surface area contributed by atoms with E-state index in [0.717, 1.165) is 48.5 Å². The van der Waals surface area contributed by atoms with Gasteiger partial charge in [-0.05, 0) is 0 Å². The lowest BCUT2D eigenvalue weighted by molar-refractivity contribution is -0.361. The van der Waals surface area contributed by atoms with Crippen LogP contribution in [0.15, 0.2) is 0 Å². The summed E-state index contributed by atoms with van der Waals surface area (Å²) in [6.07, 6.45) is -15.2. The van der Waals surface area contributed by atoms with E-state index in [1.807, 2.05) is 0 Å². The van der Waals surface area contributed by atoms with Crippen LogP contribution < -0.4 is 0 Å². The molecule has 0 radical (unpaired) electrons. The molecular formula is C30H42Br2O18. The van der Waals surface area contributed by atoms with Gasteiger partial charge < -0.3 is 52.1 Å². The highest BCUT2D eigenvalue weighted by molar-refractivity contribution is 9.09. The van der Waals surface area contributed by atoms with Crippen molar-refractivity contribution < 1.29 is 85.7 Å². The van der Waals surface area contributed by atoms with Crippen molar-refractivity contribution in [2.24, 2.45) is 5.92 Å². The van der Waals surface area contributed by atoms with Gasteiger partial charge in [0.2, 0.25) is 0 Å². The van der Waals surface area contributed by atoms with Gasteiger partial charge in [0, 0.05) is 65.0 Å². The first kappa shape index (κ1) is 43.3. The summed E-state index contributed by atoms with van der Waals surface area (Å²) in [7, 11) is 0. The molecule has 2 aliphatic heterocycles. The lowest BCUT2D eigenvalue weighted by Gasteiger charge is -2.48. The Labute approximate surface area is 304 Å². The fourth-order valence-corrected chi connectivity index (χ4v) is 6.41. The van der Waals surface area contributed by atoms with Gasteiger partial charge in [-0.1, -0.05) is 31.9 Å². The second kappa shape index (κ2) is 20.8. The molecule has 0 aliphatic carbocycles. The van der Waals surface area contributed by atoms with Gasteiger partial charge >= 0.3 is 41.8 Å². The minimum Gasteiger partial charge on any atom is -0.463 e. The largest absolute Gasteiger partial charge is 0.463 e. The molecule has 18 nitrogen and oxygen atoms in total. The maximum Gasteiger partial charge on any atom is 0.303 e. The van der Waals surface area contributed by atoms with E-state index >= 15 is 0 Å². The molecule has 20 heteroatoms. The zero-order chi connectivity index (χ0) is 37.7. The first-order valence-corrected chi connectivity index (χ1v) is 17.5. The Balaban J connectivity index is 2.72. The molecule has 2 fully saturated rings. The smallest absolute Gasteiger partial charge is 0.303 e. The van der Waals surface area contributed by atoms with Gasteiger partial charge in [0.25, 0.3) is 0 Å². The van der Waals surface area contributed by atoms with Crippen LogP contribution in [0, 0.1) is 5.92 Å². The molecular weight excluding hydrogens is 808 g/mol. The Hall–Kier alpha value is -2.91. The number of alkyl halides is 2. The highest BCUT2D eigenvalue weighted by atomic mass is 79.9. The summed E-state index contributed by atoms with van der Waals surface area (Å²) in [5.74, 6) is -5.85. The molecule has 2 rings (SSSR count). The summed E-state index contributed by atoms with van der Waals surface area (Å²) in [6.45, 7) is 6.55. The van der Waals surface area contributed by atoms with E-state index in [4.69, 9.17) is 52.1 Å². The lowest BCUT2D eigenvalue weighted by atomic mass is 9.96. The molecule has 0 amide bonds. The molecule has 0 aromatic rings. The molecule has 0 aromatic heterocycles. The van der Waals surface area contributed by atoms with Crippen LogP contribution in [-0.4, -0.2) is 134 Å². The predicted octanol–water partition coefficient (Wildman–Crippen LogP) is 1.03. The first-order chi connectivity index (χ1) is 23.5. The van der Waals surface area contributed by atoms with Crippen LogP contribution in [0.4, 0.5) is 0 Å². The fraction of sp³-hybridized carbons (Fsp3) is 0.767. The van der Waals surface area contributed by atoms with Crippen LogP contribution in [0.5, 0.6) is 0 Å². The van der Waals surface area contributed by atoms with Gasteiger partial charge in [-0.2, -0.15) is 0 Å². The Morgan fingerprint density at radius 1 is 0.500 bits per heavy atom. The summed E-state index contributed by atoms with van der Waals surface area (Å²) in [5.41, 5.74) is 0. The van der Waals surface area contributed by atoms with Crippen LogP contribution in [0.1, 0.15) is 48.5 Å². The van der Waals surface area contributed by atoms with E-state index in [-0.39, 0.29) is 12.5 Å². The van der Waals surface area contributed by atoms with Crippen molar-refractivity contribution in [3.05, 3.63) is 0 Å². The van der Waals surface area contributed by atoms with Gasteiger partial charge in [0.15, 0.2) is 43.1 Å². The highest BCUT2D eigenvalue weighted by Crippen LogP contribution is 2.35. The van der Waals surface area contributed by atoms with Crippen LogP contribution >= 0.6 is 31.9 Å². The van der Waals surface area contributed by atoms with Gasteiger partial charge in [0.1, 0.15) is 31.5 Å². The number of rotatable bonds is 16. The first-order valence-electron chi connectivity index (χ1n) is 15.3. The monoisotopic (exact) mass is 848 g/mol. The Bertz CT molecular complexity index is 1210. The predicted molar refractivity (Wildman–Crippen MR) is 170 cm³/mol. The molecule has 0 bridgehead atoms. The minimum absolute atomic E-state index is 0.0667. The number of hydrogen-bond donors (Lipinski definition) is 0. The van der Waals surface area contributed by atoms with Crippen LogP contribution in [-0.2, 0) is 85.7 Å². The van der Waals surface area contributed by atoms with Crippen LogP contribution in [0.25, 0.3) is 0 Å². The highest BCUT2D eigenvalue weighted by Gasteiger charge is 2.57. The average Bonchev–Trinajstić information content (AvgIpc) is 2.99. The molecule has 10 atom stereocenters. The molecule has 2 saturated heterocycles. The molecule has 0 spiro atoms. The van der Waals surface area contributed by atoms with Gasteiger partial charge in [-0.3, -0.25) is 33.6 Å². The molecule has 0 saturated carbocycles. The maximum atomic E-state index is 12.5. The van der Waals surface area contributed by atoms with Gasteiger partial charge in [-0.25, -0.2) is 0 Å². The standard InChI is InChI=1S/C30H42Br2O18/c1-13(33)40-11-21-23(43-15(3)35)25(44-16(4)36)28(47-19(7)39)30(49-21)50-24-22(12-41-14(2)34)48-29(42-10-20(8-31)9-32)27(46-18(6)38)26(24)45-17(5)37/h20-30H,8-12H2,1-7H3/t21-,22-,23+,24-,25+,26+,27-,28-,29-,30+/m1/s1. The topological polar surface area (TPSA) is 221 Å². The van der Waals surface area contributed by atoms with E-state index in [0.29, 0.717) is 10.7 Å². The number of ether oxygens (including phenoxy) is 11. The van der Waals surface area contributed by atoms with E-state index in [9.17, 15) is 33.6 Å². The summed E-state index contributed by atoms with van der Waals surface area (Å²) < 4.78 is 62.3. The zero-order valence-electron chi connectivity index (χ0n) is 28.5. The van der Waals surface area contributed by atoms with Crippen LogP contribution in [0.3, 0.4) is 0 Å². The van der Waals surface area contributed by atoms with E-state index in [1.165, 1.54) is 0 Å². The molecule has 284 valence electrons. The van der Waals surface area contributed by atoms with Crippen molar-refractivity contribution in [3.8, 4) is 0 Å². The molecule has 0 unspecified atom stereocenters. The summed E-state index contributed by atoms with van der Waals surface area (Å²) in [5, 5.41) is 1.03. The molecule has 50 heavy (non-hydrogen) atoms. The van der Waals surface area contributed by atoms with Crippen molar-refractivity contribution in [2.45, 2.75) is 110 Å². The van der Waals surface area contributed by atoms with E-state index in [1.54, 1.807) is 0 Å². The molecule has 0 aromatic carbocycles. The Morgan fingerprint density at radius 2 is 0.860 bits per heavy atom. The SMILES string of the molecule is CC(=O)OC[C@H]1O[C@@H](O[C@H]2[C@H](OC(C)=O)[C@@H](OC(C)=O)[C@H](OCC(CBr)CBr)O[C@@H]2COC(C)=O)[C@H](OC(C)=O)[C@@H](OC(C)=O)[C@H]1OC(C)=O. The number of esters is 7. The number of hydrogen-bond acceptors (Lipinski definition) is 18. The Kier molecular flexibility index (Phi) is 18.0. The van der Waals surface area contributed by atoms with Gasteiger partial charge in [0.05, 0.1) is 6.61 Å². The second-order valence-corrected chi connectivity index (χ2v) is 12.5. The van der Waals surface area contributed by atoms with Crippen molar-refractivity contribution >= 4 is 73.6 Å². The molecule has 2 heterocycles. The fourth-order valence-electron chi connectivity index (χ4n) is 4.97. The van der Waals surface area contributed by atoms with Crippen molar-refractivity contribution in [1.82, 2.24) is 0 Å². The van der Waals surface area contributed by atoms with Crippen LogP contribution in [0.2, 0.25) is 0 Å². The lowest BCUT2D eigenvalue weighted by Crippen LogP contribution is -2.67. The number of halogens is 2. The minimum atomic E-state index is -1.77. The quantitative estimate of drug-likeness (QED) is 0.120. The number of carbonyl (C=O) groups excluding carboxylic acids is 7. The summed E-state index contributed by atoms with van der Waals surface area (Å²) in [4.78, 5) is 85.3. The second-order valence-electron chi connectivity index (χ2n) is 11.2. The van der Waals surface area contributed by atoms with E-state index < -0.39 is 116 Å². The van der Waals surface area contributed by atoms with E-state index in [2.05, 4.69) is 31.9 Å². The van der Waals surface area contributed by atoms with Crippen molar-refractivity contribution in [3.63, 3.8) is 0 Å². The average molecular weight is 850 g/mol. The van der Waals surface area contributed by atoms with Gasteiger partial charge in [-0.15, -0.1) is 0 Å².